The number of hydrogen-bond acceptors (Lipinski definition) is 3. The zero-order valence-corrected chi connectivity index (χ0v) is 24.8. The highest BCUT2D eigenvalue weighted by Crippen LogP contribution is 2.45. The molecule has 0 atom stereocenters. The molecule has 0 aliphatic carbocycles. The first kappa shape index (κ1) is 24.6. The van der Waals surface area contributed by atoms with Crippen LogP contribution in [0.25, 0.3) is 62.2 Å². The fraction of sp³-hybridized carbons (Fsp3) is 0. The Labute approximate surface area is 257 Å². The lowest BCUT2D eigenvalue weighted by Gasteiger charge is -2.26. The zero-order valence-electron chi connectivity index (χ0n) is 23.2. The van der Waals surface area contributed by atoms with E-state index in [2.05, 4.69) is 157 Å². The smallest absolute Gasteiger partial charge is 0.0640 e. The summed E-state index contributed by atoms with van der Waals surface area (Å²) < 4.78 is 5.29. The summed E-state index contributed by atoms with van der Waals surface area (Å²) in [4.78, 5) is 2.39. The van der Waals surface area contributed by atoms with Crippen molar-refractivity contribution in [2.24, 2.45) is 0 Å². The van der Waals surface area contributed by atoms with Crippen molar-refractivity contribution in [1.29, 1.82) is 0 Å². The van der Waals surface area contributed by atoms with Crippen LogP contribution in [-0.4, -0.2) is 0 Å². The molecule has 0 aliphatic rings. The molecule has 0 bridgehead atoms. The molecule has 0 spiro atoms. The summed E-state index contributed by atoms with van der Waals surface area (Å²) in [7, 11) is 0. The fourth-order valence-corrected chi connectivity index (χ4v) is 8.81. The molecule has 0 unspecified atom stereocenters. The maximum Gasteiger partial charge on any atom is 0.0640 e. The minimum Gasteiger partial charge on any atom is -0.309 e. The molecule has 0 aliphatic heterocycles. The van der Waals surface area contributed by atoms with Gasteiger partial charge in [0.05, 0.1) is 10.4 Å². The van der Waals surface area contributed by atoms with Crippen molar-refractivity contribution in [2.45, 2.75) is 0 Å². The Morgan fingerprint density at radius 2 is 1.12 bits per heavy atom. The average molecular weight is 584 g/mol. The van der Waals surface area contributed by atoms with Crippen LogP contribution < -0.4 is 4.90 Å². The van der Waals surface area contributed by atoms with Crippen LogP contribution in [0.3, 0.4) is 0 Å². The molecule has 3 heteroatoms. The molecular formula is C40H25NS2. The molecule has 43 heavy (non-hydrogen) atoms. The molecule has 0 radical (unpaired) electrons. The average Bonchev–Trinajstić information content (AvgIpc) is 3.64. The molecule has 0 saturated carbocycles. The van der Waals surface area contributed by atoms with Gasteiger partial charge in [-0.25, -0.2) is 0 Å². The van der Waals surface area contributed by atoms with Crippen molar-refractivity contribution < 1.29 is 0 Å². The number of thiophene rings is 2. The zero-order chi connectivity index (χ0) is 28.3. The molecule has 0 fully saturated rings. The van der Waals surface area contributed by atoms with Crippen molar-refractivity contribution in [3.05, 3.63) is 152 Å². The third kappa shape index (κ3) is 3.97. The number of nitrogens with zero attached hydrogens (tertiary/aromatic N) is 1. The van der Waals surface area contributed by atoms with E-state index in [1.165, 1.54) is 67.9 Å². The van der Waals surface area contributed by atoms with Crippen LogP contribution in [0.1, 0.15) is 0 Å². The lowest BCUT2D eigenvalue weighted by atomic mass is 10.0. The predicted molar refractivity (Wildman–Crippen MR) is 190 cm³/mol. The van der Waals surface area contributed by atoms with Crippen LogP contribution in [0.2, 0.25) is 0 Å². The first-order valence-electron chi connectivity index (χ1n) is 14.5. The second-order valence-corrected chi connectivity index (χ2v) is 13.1. The van der Waals surface area contributed by atoms with E-state index in [1.54, 1.807) is 0 Å². The van der Waals surface area contributed by atoms with Crippen molar-refractivity contribution in [3.8, 4) is 11.1 Å². The highest BCUT2D eigenvalue weighted by atomic mass is 32.1. The van der Waals surface area contributed by atoms with Crippen LogP contribution in [0.5, 0.6) is 0 Å². The monoisotopic (exact) mass is 583 g/mol. The van der Waals surface area contributed by atoms with Gasteiger partial charge in [0.15, 0.2) is 0 Å². The largest absolute Gasteiger partial charge is 0.309 e. The van der Waals surface area contributed by atoms with Crippen molar-refractivity contribution in [1.82, 2.24) is 0 Å². The van der Waals surface area contributed by atoms with Gasteiger partial charge in [-0.05, 0) is 70.4 Å². The van der Waals surface area contributed by atoms with Gasteiger partial charge in [0, 0.05) is 47.0 Å². The van der Waals surface area contributed by atoms with E-state index in [4.69, 9.17) is 0 Å². The Hall–Kier alpha value is -4.96. The van der Waals surface area contributed by atoms with Gasteiger partial charge in [0.1, 0.15) is 0 Å². The molecule has 202 valence electrons. The number of anilines is 3. The maximum atomic E-state index is 2.39. The van der Waals surface area contributed by atoms with E-state index in [9.17, 15) is 0 Å². The summed E-state index contributed by atoms with van der Waals surface area (Å²) in [5, 5.41) is 7.96. The van der Waals surface area contributed by atoms with Crippen LogP contribution in [0.4, 0.5) is 17.1 Å². The van der Waals surface area contributed by atoms with E-state index >= 15 is 0 Å². The van der Waals surface area contributed by atoms with Crippen molar-refractivity contribution in [3.63, 3.8) is 0 Å². The van der Waals surface area contributed by atoms with Crippen LogP contribution in [0.15, 0.2) is 152 Å². The topological polar surface area (TPSA) is 3.24 Å². The normalized spacial score (nSPS) is 11.7. The molecule has 0 N–H and O–H groups in total. The summed E-state index contributed by atoms with van der Waals surface area (Å²) in [5.74, 6) is 0. The van der Waals surface area contributed by atoms with Gasteiger partial charge in [-0.1, -0.05) is 103 Å². The fourth-order valence-electron chi connectivity index (χ4n) is 6.44. The van der Waals surface area contributed by atoms with E-state index < -0.39 is 0 Å². The molecule has 0 saturated heterocycles. The van der Waals surface area contributed by atoms with Crippen LogP contribution >= 0.6 is 22.7 Å². The third-order valence-electron chi connectivity index (χ3n) is 8.46. The quantitative estimate of drug-likeness (QED) is 0.199. The van der Waals surface area contributed by atoms with E-state index in [0.717, 1.165) is 11.4 Å². The van der Waals surface area contributed by atoms with Gasteiger partial charge in [0.25, 0.3) is 0 Å². The Morgan fingerprint density at radius 1 is 0.395 bits per heavy atom. The number of rotatable bonds is 4. The maximum absolute atomic E-state index is 2.39. The van der Waals surface area contributed by atoms with Gasteiger partial charge < -0.3 is 4.90 Å². The Bertz CT molecular complexity index is 2450. The molecule has 9 rings (SSSR count). The lowest BCUT2D eigenvalue weighted by molar-refractivity contribution is 1.30. The summed E-state index contributed by atoms with van der Waals surface area (Å²) >= 11 is 3.75. The summed E-state index contributed by atoms with van der Waals surface area (Å²) in [6, 6.07) is 55.3. The standard InChI is InChI=1S/C40H25NS2/c1-2-10-29(11-3-1)41(35-15-8-14-33-32-13-6-7-16-36(32)43-40(33)35)30-21-17-26(18-22-30)28-19-23-34-38(25-28)42-37-24-20-27-9-4-5-12-31(27)39(34)37/h1-25H. The highest BCUT2D eigenvalue weighted by Gasteiger charge is 2.18. The number of hydrogen-bond donors (Lipinski definition) is 0. The van der Waals surface area contributed by atoms with E-state index in [-0.39, 0.29) is 0 Å². The molecule has 2 aromatic heterocycles. The Kier molecular flexibility index (Phi) is 5.62. The first-order chi connectivity index (χ1) is 21.3. The molecule has 7 aromatic carbocycles. The first-order valence-corrected chi connectivity index (χ1v) is 16.1. The molecular weight excluding hydrogens is 559 g/mol. The summed E-state index contributed by atoms with van der Waals surface area (Å²) in [5.41, 5.74) is 5.97. The van der Waals surface area contributed by atoms with Gasteiger partial charge in [-0.2, -0.15) is 0 Å². The number of benzene rings is 7. The minimum absolute atomic E-state index is 1.15. The molecule has 9 aromatic rings. The van der Waals surface area contributed by atoms with E-state index in [0.29, 0.717) is 0 Å². The molecule has 0 amide bonds. The number of fused-ring (bicyclic) bond motifs is 8. The second-order valence-electron chi connectivity index (χ2n) is 10.9. The molecule has 1 nitrogen and oxygen atoms in total. The SMILES string of the molecule is c1ccc(N(c2ccc(-c3ccc4c(c3)sc3ccc5ccccc5c34)cc2)c2cccc3c2sc2ccccc23)cc1. The number of para-hydroxylation sites is 1. The second kappa shape index (κ2) is 9.81. The van der Waals surface area contributed by atoms with Gasteiger partial charge in [-0.15, -0.1) is 22.7 Å². The van der Waals surface area contributed by atoms with E-state index in [1.807, 2.05) is 22.7 Å². The predicted octanol–water partition coefficient (Wildman–Crippen LogP) is 12.7. The Morgan fingerprint density at radius 3 is 2.00 bits per heavy atom. The summed E-state index contributed by atoms with van der Waals surface area (Å²) in [6.07, 6.45) is 0. The summed E-state index contributed by atoms with van der Waals surface area (Å²) in [6.45, 7) is 0. The van der Waals surface area contributed by atoms with Crippen LogP contribution in [0, 0.1) is 0 Å². The van der Waals surface area contributed by atoms with Gasteiger partial charge in [-0.3, -0.25) is 0 Å². The van der Waals surface area contributed by atoms with Crippen LogP contribution in [-0.2, 0) is 0 Å². The van der Waals surface area contributed by atoms with Crippen molar-refractivity contribution in [2.75, 3.05) is 4.90 Å². The van der Waals surface area contributed by atoms with Gasteiger partial charge in [0.2, 0.25) is 0 Å². The minimum atomic E-state index is 1.15. The van der Waals surface area contributed by atoms with Gasteiger partial charge >= 0.3 is 0 Å². The Balaban J connectivity index is 1.16. The molecule has 2 heterocycles. The third-order valence-corrected chi connectivity index (χ3v) is 10.8. The highest BCUT2D eigenvalue weighted by molar-refractivity contribution is 7.26. The van der Waals surface area contributed by atoms with Crippen molar-refractivity contribution >= 4 is 90.9 Å². The lowest BCUT2D eigenvalue weighted by Crippen LogP contribution is -2.09.